The van der Waals surface area contributed by atoms with Crippen molar-refractivity contribution < 1.29 is 9.47 Å². The van der Waals surface area contributed by atoms with Crippen molar-refractivity contribution in [2.75, 3.05) is 14.2 Å². The molecule has 1 aromatic carbocycles. The van der Waals surface area contributed by atoms with E-state index in [1.54, 1.807) is 43.2 Å². The van der Waals surface area contributed by atoms with E-state index in [1.165, 1.54) is 0 Å². The van der Waals surface area contributed by atoms with Crippen molar-refractivity contribution in [3.05, 3.63) is 58.0 Å². The third kappa shape index (κ3) is 3.22. The van der Waals surface area contributed by atoms with Gasteiger partial charge in [0.05, 0.1) is 26.3 Å². The SMILES string of the molecule is COc1ccc(Cn2cccc(C(N)=S)c2=O)cc1OC. The monoisotopic (exact) mass is 304 g/mol. The van der Waals surface area contributed by atoms with E-state index in [-0.39, 0.29) is 10.5 Å². The van der Waals surface area contributed by atoms with Crippen LogP contribution in [0.25, 0.3) is 0 Å². The number of methoxy groups -OCH3 is 2. The number of ether oxygens (including phenoxy) is 2. The Morgan fingerprint density at radius 3 is 2.57 bits per heavy atom. The van der Waals surface area contributed by atoms with Crippen LogP contribution in [0.2, 0.25) is 0 Å². The Labute approximate surface area is 127 Å². The molecule has 0 aliphatic carbocycles. The van der Waals surface area contributed by atoms with Gasteiger partial charge in [-0.25, -0.2) is 0 Å². The normalized spacial score (nSPS) is 10.2. The Bertz CT molecular complexity index is 725. The highest BCUT2D eigenvalue weighted by Gasteiger charge is 2.08. The van der Waals surface area contributed by atoms with Gasteiger partial charge in [0, 0.05) is 6.20 Å². The second kappa shape index (κ2) is 6.41. The molecule has 2 aromatic rings. The highest BCUT2D eigenvalue weighted by molar-refractivity contribution is 7.80. The maximum atomic E-state index is 12.2. The first-order chi connectivity index (χ1) is 10.1. The average molecular weight is 304 g/mol. The summed E-state index contributed by atoms with van der Waals surface area (Å²) in [5.74, 6) is 1.26. The standard InChI is InChI=1S/C15H16N2O3S/c1-19-12-6-5-10(8-13(12)20-2)9-17-7-3-4-11(14(16)21)15(17)18/h3-8H,9H2,1-2H3,(H2,16,21). The molecule has 0 aliphatic rings. The molecule has 0 saturated heterocycles. The number of aromatic nitrogens is 1. The number of nitrogens with two attached hydrogens (primary N) is 1. The summed E-state index contributed by atoms with van der Waals surface area (Å²) in [5.41, 5.74) is 6.59. The molecule has 0 radical (unpaired) electrons. The summed E-state index contributed by atoms with van der Waals surface area (Å²) in [6, 6.07) is 8.88. The largest absolute Gasteiger partial charge is 0.493 e. The van der Waals surface area contributed by atoms with Crippen LogP contribution in [0, 0.1) is 0 Å². The van der Waals surface area contributed by atoms with Crippen molar-refractivity contribution in [1.82, 2.24) is 4.57 Å². The van der Waals surface area contributed by atoms with Crippen LogP contribution in [0.5, 0.6) is 11.5 Å². The molecule has 0 saturated carbocycles. The van der Waals surface area contributed by atoms with Crippen molar-refractivity contribution in [2.24, 2.45) is 5.73 Å². The Balaban J connectivity index is 2.37. The number of nitrogens with zero attached hydrogens (tertiary/aromatic N) is 1. The van der Waals surface area contributed by atoms with E-state index < -0.39 is 0 Å². The summed E-state index contributed by atoms with van der Waals surface area (Å²) in [7, 11) is 3.15. The number of rotatable bonds is 5. The average Bonchev–Trinajstić information content (AvgIpc) is 2.48. The lowest BCUT2D eigenvalue weighted by molar-refractivity contribution is 0.354. The van der Waals surface area contributed by atoms with Gasteiger partial charge in [0.25, 0.3) is 5.56 Å². The van der Waals surface area contributed by atoms with Crippen molar-refractivity contribution in [1.29, 1.82) is 0 Å². The fourth-order valence-electron chi connectivity index (χ4n) is 2.02. The lowest BCUT2D eigenvalue weighted by Crippen LogP contribution is -2.28. The van der Waals surface area contributed by atoms with Crippen molar-refractivity contribution >= 4 is 17.2 Å². The van der Waals surface area contributed by atoms with Crippen LogP contribution in [-0.4, -0.2) is 23.8 Å². The van der Waals surface area contributed by atoms with Crippen LogP contribution in [0.4, 0.5) is 0 Å². The molecular formula is C15H16N2O3S. The minimum atomic E-state index is -0.209. The van der Waals surface area contributed by atoms with Crippen molar-refractivity contribution in [2.45, 2.75) is 6.54 Å². The Morgan fingerprint density at radius 1 is 1.24 bits per heavy atom. The molecule has 110 valence electrons. The Kier molecular flexibility index (Phi) is 4.59. The van der Waals surface area contributed by atoms with Gasteiger partial charge in [0.15, 0.2) is 11.5 Å². The fourth-order valence-corrected chi connectivity index (χ4v) is 2.18. The molecule has 1 heterocycles. The fraction of sp³-hybridized carbons (Fsp3) is 0.200. The molecule has 0 amide bonds. The zero-order valence-electron chi connectivity index (χ0n) is 11.8. The molecule has 0 bridgehead atoms. The van der Waals surface area contributed by atoms with Gasteiger partial charge in [-0.2, -0.15) is 0 Å². The van der Waals surface area contributed by atoms with Gasteiger partial charge < -0.3 is 19.8 Å². The number of pyridine rings is 1. The molecule has 2 N–H and O–H groups in total. The maximum absolute atomic E-state index is 12.2. The number of hydrogen-bond acceptors (Lipinski definition) is 4. The van der Waals surface area contributed by atoms with Gasteiger partial charge in [-0.3, -0.25) is 4.79 Å². The molecule has 0 unspecified atom stereocenters. The summed E-state index contributed by atoms with van der Waals surface area (Å²) in [4.78, 5) is 12.3. The van der Waals surface area contributed by atoms with Gasteiger partial charge in [0.2, 0.25) is 0 Å². The molecule has 2 rings (SSSR count). The van der Waals surface area contributed by atoms with E-state index in [4.69, 9.17) is 27.4 Å². The summed E-state index contributed by atoms with van der Waals surface area (Å²) in [6.07, 6.45) is 1.70. The smallest absolute Gasteiger partial charge is 0.261 e. The van der Waals surface area contributed by atoms with Crippen LogP contribution in [0.3, 0.4) is 0 Å². The van der Waals surface area contributed by atoms with Crippen molar-refractivity contribution in [3.63, 3.8) is 0 Å². The van der Waals surface area contributed by atoms with Crippen LogP contribution in [0.15, 0.2) is 41.3 Å². The highest BCUT2D eigenvalue weighted by atomic mass is 32.1. The third-order valence-corrected chi connectivity index (χ3v) is 3.31. The summed E-state index contributed by atoms with van der Waals surface area (Å²) in [6.45, 7) is 0.398. The first-order valence-corrected chi connectivity index (χ1v) is 6.67. The molecule has 21 heavy (non-hydrogen) atoms. The quantitative estimate of drug-likeness (QED) is 0.849. The van der Waals surface area contributed by atoms with Gasteiger partial charge in [-0.05, 0) is 29.8 Å². The second-order valence-electron chi connectivity index (χ2n) is 4.41. The second-order valence-corrected chi connectivity index (χ2v) is 4.85. The topological polar surface area (TPSA) is 66.5 Å². The molecule has 1 aromatic heterocycles. The first kappa shape index (κ1) is 15.1. The minimum absolute atomic E-state index is 0.0988. The number of benzene rings is 1. The van der Waals surface area contributed by atoms with Crippen LogP contribution in [0.1, 0.15) is 11.1 Å². The van der Waals surface area contributed by atoms with Crippen LogP contribution in [-0.2, 0) is 6.54 Å². The summed E-state index contributed by atoms with van der Waals surface area (Å²) in [5, 5.41) is 0. The van der Waals surface area contributed by atoms with E-state index >= 15 is 0 Å². The lowest BCUT2D eigenvalue weighted by atomic mass is 10.2. The molecule has 6 heteroatoms. The van der Waals surface area contributed by atoms with E-state index in [0.29, 0.717) is 23.6 Å². The van der Waals surface area contributed by atoms with Gasteiger partial charge in [-0.1, -0.05) is 18.3 Å². The summed E-state index contributed by atoms with van der Waals surface area (Å²) < 4.78 is 12.0. The number of hydrogen-bond donors (Lipinski definition) is 1. The molecule has 0 atom stereocenters. The molecule has 5 nitrogen and oxygen atoms in total. The van der Waals surface area contributed by atoms with Crippen LogP contribution >= 0.6 is 12.2 Å². The molecular weight excluding hydrogens is 288 g/mol. The minimum Gasteiger partial charge on any atom is -0.493 e. The predicted molar refractivity (Wildman–Crippen MR) is 85.2 cm³/mol. The maximum Gasteiger partial charge on any atom is 0.261 e. The third-order valence-electron chi connectivity index (χ3n) is 3.09. The Morgan fingerprint density at radius 2 is 1.95 bits per heavy atom. The van der Waals surface area contributed by atoms with Gasteiger partial charge >= 0.3 is 0 Å². The molecule has 0 fully saturated rings. The molecule has 0 spiro atoms. The van der Waals surface area contributed by atoms with E-state index in [0.717, 1.165) is 5.56 Å². The van der Waals surface area contributed by atoms with E-state index in [9.17, 15) is 4.79 Å². The zero-order valence-corrected chi connectivity index (χ0v) is 12.6. The van der Waals surface area contributed by atoms with E-state index in [2.05, 4.69) is 0 Å². The number of thiocarbonyl (C=S) groups is 1. The zero-order chi connectivity index (χ0) is 15.4. The highest BCUT2D eigenvalue weighted by Crippen LogP contribution is 2.27. The summed E-state index contributed by atoms with van der Waals surface area (Å²) >= 11 is 4.87. The van der Waals surface area contributed by atoms with Gasteiger partial charge in [0.1, 0.15) is 4.99 Å². The lowest BCUT2D eigenvalue weighted by Gasteiger charge is -2.11. The van der Waals surface area contributed by atoms with Gasteiger partial charge in [-0.15, -0.1) is 0 Å². The predicted octanol–water partition coefficient (Wildman–Crippen LogP) is 1.55. The van der Waals surface area contributed by atoms with E-state index in [1.807, 2.05) is 12.1 Å². The first-order valence-electron chi connectivity index (χ1n) is 6.27. The molecule has 0 aliphatic heterocycles. The van der Waals surface area contributed by atoms with Crippen LogP contribution < -0.4 is 20.8 Å². The Hall–Kier alpha value is -2.34. The van der Waals surface area contributed by atoms with Crippen molar-refractivity contribution in [3.8, 4) is 11.5 Å².